The molecule has 0 aliphatic heterocycles. The van der Waals surface area contributed by atoms with Crippen molar-refractivity contribution >= 4 is 5.91 Å². The molecule has 1 atom stereocenters. The first kappa shape index (κ1) is 17.5. The van der Waals surface area contributed by atoms with Gasteiger partial charge in [0.15, 0.2) is 0 Å². The van der Waals surface area contributed by atoms with E-state index in [-0.39, 0.29) is 18.4 Å². The molecule has 2 rings (SSSR count). The number of rotatable bonds is 5. The lowest BCUT2D eigenvalue weighted by atomic mass is 9.82. The predicted octanol–water partition coefficient (Wildman–Crippen LogP) is 3.55. The number of benzene rings is 1. The van der Waals surface area contributed by atoms with Crippen LogP contribution in [0, 0.1) is 11.3 Å². The summed E-state index contributed by atoms with van der Waals surface area (Å²) in [5.41, 5.74) is 0.800. The van der Waals surface area contributed by atoms with Crippen molar-refractivity contribution in [3.05, 3.63) is 35.4 Å². The Labute approximate surface area is 138 Å². The molecule has 1 aromatic carbocycles. The summed E-state index contributed by atoms with van der Waals surface area (Å²) in [6.45, 7) is 4.56. The fraction of sp³-hybridized carbons (Fsp3) is 0.579. The molecule has 0 radical (unpaired) electrons. The fourth-order valence-corrected chi connectivity index (χ4v) is 3.45. The van der Waals surface area contributed by atoms with E-state index >= 15 is 0 Å². The van der Waals surface area contributed by atoms with Gasteiger partial charge in [-0.3, -0.25) is 4.79 Å². The van der Waals surface area contributed by atoms with Crippen molar-refractivity contribution in [2.24, 2.45) is 0 Å². The number of hydrogen-bond donors (Lipinski definition) is 1. The Morgan fingerprint density at radius 3 is 2.43 bits per heavy atom. The summed E-state index contributed by atoms with van der Waals surface area (Å²) in [5, 5.41) is 19.5. The van der Waals surface area contributed by atoms with Gasteiger partial charge in [0.1, 0.15) is 0 Å². The molecule has 0 heterocycles. The van der Waals surface area contributed by atoms with Crippen LogP contribution in [0.1, 0.15) is 69.5 Å². The van der Waals surface area contributed by atoms with Gasteiger partial charge >= 0.3 is 0 Å². The second kappa shape index (κ2) is 7.61. The van der Waals surface area contributed by atoms with Gasteiger partial charge in [0.25, 0.3) is 0 Å². The summed E-state index contributed by atoms with van der Waals surface area (Å²) < 4.78 is 0. The highest BCUT2D eigenvalue weighted by atomic mass is 16.3. The van der Waals surface area contributed by atoms with E-state index in [2.05, 4.69) is 6.07 Å². The van der Waals surface area contributed by atoms with Gasteiger partial charge in [-0.1, -0.05) is 31.4 Å². The number of amides is 1. The Bertz CT molecular complexity index is 568. The Balaban J connectivity index is 2.07. The predicted molar refractivity (Wildman–Crippen MR) is 89.6 cm³/mol. The lowest BCUT2D eigenvalue weighted by Gasteiger charge is -2.35. The number of carbonyl (C=O) groups excluding carboxylic acids is 1. The molecule has 1 unspecified atom stereocenters. The molecule has 0 aromatic heterocycles. The molecule has 124 valence electrons. The van der Waals surface area contributed by atoms with E-state index in [4.69, 9.17) is 5.26 Å². The van der Waals surface area contributed by atoms with Crippen LogP contribution in [-0.4, -0.2) is 28.1 Å². The molecule has 1 aliphatic rings. The van der Waals surface area contributed by atoms with E-state index in [9.17, 15) is 9.90 Å². The molecule has 1 N–H and O–H groups in total. The third-order valence-corrected chi connectivity index (χ3v) is 4.92. The SMILES string of the molecule is CCN(C(=O)CC1(O)CCCCC1)C(C)c1ccc(C#N)cc1. The zero-order valence-electron chi connectivity index (χ0n) is 14.1. The van der Waals surface area contributed by atoms with Crippen molar-refractivity contribution in [2.45, 2.75) is 64.0 Å². The minimum Gasteiger partial charge on any atom is -0.389 e. The minimum absolute atomic E-state index is 0.00811. The third kappa shape index (κ3) is 4.33. The molecule has 1 amide bonds. The zero-order valence-corrected chi connectivity index (χ0v) is 14.1. The second-order valence-corrected chi connectivity index (χ2v) is 6.55. The fourth-order valence-electron chi connectivity index (χ4n) is 3.45. The van der Waals surface area contributed by atoms with Crippen LogP contribution in [0.15, 0.2) is 24.3 Å². The Morgan fingerprint density at radius 1 is 1.30 bits per heavy atom. The quantitative estimate of drug-likeness (QED) is 0.904. The molecule has 0 spiro atoms. The highest BCUT2D eigenvalue weighted by Crippen LogP contribution is 2.32. The molecule has 1 fully saturated rings. The van der Waals surface area contributed by atoms with E-state index in [0.717, 1.165) is 37.7 Å². The maximum Gasteiger partial charge on any atom is 0.225 e. The Kier molecular flexibility index (Phi) is 5.79. The summed E-state index contributed by atoms with van der Waals surface area (Å²) in [6, 6.07) is 9.39. The van der Waals surface area contributed by atoms with E-state index < -0.39 is 5.60 Å². The van der Waals surface area contributed by atoms with Crippen molar-refractivity contribution in [3.63, 3.8) is 0 Å². The molecular weight excluding hydrogens is 288 g/mol. The average Bonchev–Trinajstić information content (AvgIpc) is 2.55. The average molecular weight is 314 g/mol. The van der Waals surface area contributed by atoms with Crippen molar-refractivity contribution in [1.82, 2.24) is 4.90 Å². The Morgan fingerprint density at radius 2 is 1.91 bits per heavy atom. The van der Waals surface area contributed by atoms with Gasteiger partial charge in [-0.25, -0.2) is 0 Å². The van der Waals surface area contributed by atoms with Crippen molar-refractivity contribution in [1.29, 1.82) is 5.26 Å². The van der Waals surface area contributed by atoms with Crippen LogP contribution in [0.4, 0.5) is 0 Å². The van der Waals surface area contributed by atoms with Crippen LogP contribution in [-0.2, 0) is 4.79 Å². The molecule has 4 heteroatoms. The van der Waals surface area contributed by atoms with E-state index in [1.54, 1.807) is 12.1 Å². The number of carbonyl (C=O) groups is 1. The van der Waals surface area contributed by atoms with E-state index in [0.29, 0.717) is 12.1 Å². The molecule has 1 aliphatic carbocycles. The number of nitriles is 1. The van der Waals surface area contributed by atoms with Gasteiger partial charge in [0, 0.05) is 6.54 Å². The first-order valence-electron chi connectivity index (χ1n) is 8.51. The van der Waals surface area contributed by atoms with Crippen LogP contribution in [0.3, 0.4) is 0 Å². The lowest BCUT2D eigenvalue weighted by molar-refractivity contribution is -0.139. The standard InChI is InChI=1S/C19H26N2O2/c1-3-21(15(2)17-9-7-16(14-20)8-10-17)18(22)13-19(23)11-5-4-6-12-19/h7-10,15,23H,3-6,11-13H2,1-2H3. The summed E-state index contributed by atoms with van der Waals surface area (Å²) in [5.74, 6) is 0.00811. The first-order valence-corrected chi connectivity index (χ1v) is 8.51. The van der Waals surface area contributed by atoms with Crippen molar-refractivity contribution in [3.8, 4) is 6.07 Å². The highest BCUT2D eigenvalue weighted by Gasteiger charge is 2.34. The molecule has 0 saturated heterocycles. The summed E-state index contributed by atoms with van der Waals surface area (Å²) >= 11 is 0. The Hall–Kier alpha value is -1.86. The van der Waals surface area contributed by atoms with Crippen LogP contribution >= 0.6 is 0 Å². The molecular formula is C19H26N2O2. The smallest absolute Gasteiger partial charge is 0.225 e. The van der Waals surface area contributed by atoms with Crippen LogP contribution in [0.25, 0.3) is 0 Å². The molecule has 1 aromatic rings. The van der Waals surface area contributed by atoms with Gasteiger partial charge in [0.2, 0.25) is 5.91 Å². The second-order valence-electron chi connectivity index (χ2n) is 6.55. The number of aliphatic hydroxyl groups is 1. The monoisotopic (exact) mass is 314 g/mol. The van der Waals surface area contributed by atoms with Gasteiger partial charge in [-0.2, -0.15) is 5.26 Å². The van der Waals surface area contributed by atoms with Gasteiger partial charge in [-0.05, 0) is 44.4 Å². The van der Waals surface area contributed by atoms with Gasteiger partial charge < -0.3 is 10.0 Å². The van der Waals surface area contributed by atoms with E-state index in [1.165, 1.54) is 0 Å². The van der Waals surface area contributed by atoms with Gasteiger partial charge in [0.05, 0.1) is 29.7 Å². The lowest BCUT2D eigenvalue weighted by Crippen LogP contribution is -2.41. The number of hydrogen-bond acceptors (Lipinski definition) is 3. The maximum absolute atomic E-state index is 12.7. The molecule has 1 saturated carbocycles. The summed E-state index contributed by atoms with van der Waals surface area (Å²) in [7, 11) is 0. The van der Waals surface area contributed by atoms with Gasteiger partial charge in [-0.15, -0.1) is 0 Å². The third-order valence-electron chi connectivity index (χ3n) is 4.92. The van der Waals surface area contributed by atoms with E-state index in [1.807, 2.05) is 30.9 Å². The molecule has 23 heavy (non-hydrogen) atoms. The minimum atomic E-state index is -0.826. The van der Waals surface area contributed by atoms with Crippen LogP contribution in [0.5, 0.6) is 0 Å². The highest BCUT2D eigenvalue weighted by molar-refractivity contribution is 5.77. The molecule has 4 nitrogen and oxygen atoms in total. The largest absolute Gasteiger partial charge is 0.389 e. The number of nitrogens with zero attached hydrogens (tertiary/aromatic N) is 2. The topological polar surface area (TPSA) is 64.3 Å². The normalized spacial score (nSPS) is 18.0. The van der Waals surface area contributed by atoms with Crippen LogP contribution in [0.2, 0.25) is 0 Å². The van der Waals surface area contributed by atoms with Crippen molar-refractivity contribution in [2.75, 3.05) is 6.54 Å². The maximum atomic E-state index is 12.7. The van der Waals surface area contributed by atoms with Crippen LogP contribution < -0.4 is 0 Å². The first-order chi connectivity index (χ1) is 11.0. The summed E-state index contributed by atoms with van der Waals surface area (Å²) in [6.07, 6.45) is 4.81. The summed E-state index contributed by atoms with van der Waals surface area (Å²) in [4.78, 5) is 14.5. The molecule has 0 bridgehead atoms. The zero-order chi connectivity index (χ0) is 16.9. The van der Waals surface area contributed by atoms with Crippen molar-refractivity contribution < 1.29 is 9.90 Å².